The molecule has 2 heterocycles. The number of hydrogen-bond donors (Lipinski definition) is 1. The Morgan fingerprint density at radius 2 is 2.29 bits per heavy atom. The molecule has 14 heavy (non-hydrogen) atoms. The zero-order valence-electron chi connectivity index (χ0n) is 8.21. The molecule has 0 fully saturated rings. The molecule has 4 heteroatoms. The molecule has 0 aromatic carbocycles. The van der Waals surface area contributed by atoms with Crippen molar-refractivity contribution in [3.8, 4) is 0 Å². The number of pyridine rings is 1. The molecule has 0 bridgehead atoms. The van der Waals surface area contributed by atoms with Gasteiger partial charge in [0.05, 0.1) is 15.8 Å². The van der Waals surface area contributed by atoms with E-state index in [1.165, 1.54) is 0 Å². The third kappa shape index (κ3) is 1.44. The second-order valence-corrected chi connectivity index (χ2v) is 4.02. The van der Waals surface area contributed by atoms with Gasteiger partial charge in [0.15, 0.2) is 0 Å². The molecule has 2 aromatic heterocycles. The highest BCUT2D eigenvalue weighted by atomic mass is 79.9. The molecule has 2 rings (SSSR count). The topological polar surface area (TPSA) is 29.3 Å². The Hall–Kier alpha value is -0.870. The van der Waals surface area contributed by atoms with Crippen molar-refractivity contribution in [3.05, 3.63) is 34.3 Å². The third-order valence-corrected chi connectivity index (χ3v) is 2.82. The standard InChI is InChI=1S/C10H12BrN3/c1-7-13-8(6-12-2)9-4-3-5-10(11)14(7)9/h3-5,12H,6H2,1-2H3. The maximum absolute atomic E-state index is 4.51. The second-order valence-electron chi connectivity index (χ2n) is 3.21. The van der Waals surface area contributed by atoms with Crippen molar-refractivity contribution in [2.45, 2.75) is 13.5 Å². The van der Waals surface area contributed by atoms with Crippen LogP contribution in [-0.2, 0) is 6.54 Å². The quantitative estimate of drug-likeness (QED) is 0.832. The van der Waals surface area contributed by atoms with Gasteiger partial charge in [-0.25, -0.2) is 4.98 Å². The van der Waals surface area contributed by atoms with Gasteiger partial charge in [-0.2, -0.15) is 0 Å². The van der Waals surface area contributed by atoms with Crippen molar-refractivity contribution >= 4 is 21.4 Å². The van der Waals surface area contributed by atoms with Crippen LogP contribution in [0.4, 0.5) is 0 Å². The normalized spacial score (nSPS) is 11.1. The molecule has 74 valence electrons. The SMILES string of the molecule is CNCc1nc(C)n2c(Br)cccc12. The summed E-state index contributed by atoms with van der Waals surface area (Å²) in [4.78, 5) is 4.51. The average Bonchev–Trinajstić information content (AvgIpc) is 2.46. The summed E-state index contributed by atoms with van der Waals surface area (Å²) in [6, 6.07) is 6.13. The van der Waals surface area contributed by atoms with E-state index >= 15 is 0 Å². The summed E-state index contributed by atoms with van der Waals surface area (Å²) in [5.74, 6) is 1.01. The minimum absolute atomic E-state index is 0.799. The summed E-state index contributed by atoms with van der Waals surface area (Å²) in [7, 11) is 1.93. The van der Waals surface area contributed by atoms with E-state index < -0.39 is 0 Å². The van der Waals surface area contributed by atoms with Crippen LogP contribution in [0.3, 0.4) is 0 Å². The molecule has 3 nitrogen and oxygen atoms in total. The molecule has 0 unspecified atom stereocenters. The van der Waals surface area contributed by atoms with Crippen molar-refractivity contribution in [2.24, 2.45) is 0 Å². The van der Waals surface area contributed by atoms with Crippen LogP contribution >= 0.6 is 15.9 Å². The summed E-state index contributed by atoms with van der Waals surface area (Å²) >= 11 is 3.51. The number of nitrogens with zero attached hydrogens (tertiary/aromatic N) is 2. The van der Waals surface area contributed by atoms with Crippen LogP contribution < -0.4 is 5.32 Å². The Bertz CT molecular complexity index is 462. The highest BCUT2D eigenvalue weighted by Crippen LogP contribution is 2.19. The fourth-order valence-electron chi connectivity index (χ4n) is 1.64. The van der Waals surface area contributed by atoms with E-state index in [1.54, 1.807) is 0 Å². The van der Waals surface area contributed by atoms with E-state index in [4.69, 9.17) is 0 Å². The molecule has 0 spiro atoms. The molecular formula is C10H12BrN3. The van der Waals surface area contributed by atoms with Crippen LogP contribution in [0.25, 0.3) is 5.52 Å². The van der Waals surface area contributed by atoms with Crippen LogP contribution in [0, 0.1) is 6.92 Å². The smallest absolute Gasteiger partial charge is 0.111 e. The Labute approximate surface area is 91.3 Å². The fourth-order valence-corrected chi connectivity index (χ4v) is 2.24. The Kier molecular flexibility index (Phi) is 2.56. The van der Waals surface area contributed by atoms with Gasteiger partial charge < -0.3 is 5.32 Å². The lowest BCUT2D eigenvalue weighted by molar-refractivity contribution is 0.800. The molecule has 1 N–H and O–H groups in total. The van der Waals surface area contributed by atoms with Gasteiger partial charge in [0.25, 0.3) is 0 Å². The van der Waals surface area contributed by atoms with Gasteiger partial charge >= 0.3 is 0 Å². The van der Waals surface area contributed by atoms with Crippen molar-refractivity contribution in [2.75, 3.05) is 7.05 Å². The third-order valence-electron chi connectivity index (χ3n) is 2.20. The number of aryl methyl sites for hydroxylation is 1. The Morgan fingerprint density at radius 3 is 3.00 bits per heavy atom. The predicted octanol–water partition coefficient (Wildman–Crippen LogP) is 2.12. The van der Waals surface area contributed by atoms with E-state index in [9.17, 15) is 0 Å². The van der Waals surface area contributed by atoms with Gasteiger partial charge in [0.1, 0.15) is 5.82 Å². The highest BCUT2D eigenvalue weighted by Gasteiger charge is 2.08. The molecule has 2 aromatic rings. The molecule has 0 atom stereocenters. The first kappa shape index (κ1) is 9.68. The van der Waals surface area contributed by atoms with Gasteiger partial charge in [0, 0.05) is 6.54 Å². The first-order valence-corrected chi connectivity index (χ1v) is 5.30. The molecule has 0 aliphatic rings. The van der Waals surface area contributed by atoms with Crippen LogP contribution in [0.1, 0.15) is 11.5 Å². The summed E-state index contributed by atoms with van der Waals surface area (Å²) in [5.41, 5.74) is 2.25. The van der Waals surface area contributed by atoms with Crippen molar-refractivity contribution in [3.63, 3.8) is 0 Å². The predicted molar refractivity (Wildman–Crippen MR) is 60.4 cm³/mol. The Morgan fingerprint density at radius 1 is 1.50 bits per heavy atom. The average molecular weight is 254 g/mol. The van der Waals surface area contributed by atoms with Gasteiger partial charge in [-0.15, -0.1) is 0 Å². The first-order valence-electron chi connectivity index (χ1n) is 4.51. The van der Waals surface area contributed by atoms with Gasteiger partial charge in [-0.1, -0.05) is 6.07 Å². The maximum atomic E-state index is 4.51. The van der Waals surface area contributed by atoms with E-state index in [0.717, 1.165) is 28.2 Å². The molecule has 0 radical (unpaired) electrons. The largest absolute Gasteiger partial charge is 0.314 e. The van der Waals surface area contributed by atoms with Crippen molar-refractivity contribution in [1.82, 2.24) is 14.7 Å². The number of hydrogen-bond acceptors (Lipinski definition) is 2. The highest BCUT2D eigenvalue weighted by molar-refractivity contribution is 9.10. The summed E-state index contributed by atoms with van der Waals surface area (Å²) in [6.45, 7) is 2.81. The van der Waals surface area contributed by atoms with Gasteiger partial charge in [0.2, 0.25) is 0 Å². The molecule has 0 saturated heterocycles. The second kappa shape index (κ2) is 3.71. The molecule has 0 aliphatic carbocycles. The number of imidazole rings is 1. The van der Waals surface area contributed by atoms with E-state index in [1.807, 2.05) is 26.1 Å². The van der Waals surface area contributed by atoms with Crippen molar-refractivity contribution in [1.29, 1.82) is 0 Å². The maximum Gasteiger partial charge on any atom is 0.111 e. The van der Waals surface area contributed by atoms with Crippen LogP contribution in [0.15, 0.2) is 22.8 Å². The van der Waals surface area contributed by atoms with Crippen LogP contribution in [-0.4, -0.2) is 16.4 Å². The lowest BCUT2D eigenvalue weighted by Gasteiger charge is -2.00. The van der Waals surface area contributed by atoms with Gasteiger partial charge in [-0.05, 0) is 42.0 Å². The van der Waals surface area contributed by atoms with E-state index in [-0.39, 0.29) is 0 Å². The van der Waals surface area contributed by atoms with Crippen LogP contribution in [0.5, 0.6) is 0 Å². The van der Waals surface area contributed by atoms with Gasteiger partial charge in [-0.3, -0.25) is 4.40 Å². The molecular weight excluding hydrogens is 242 g/mol. The number of rotatable bonds is 2. The molecule has 0 aliphatic heterocycles. The number of aromatic nitrogens is 2. The minimum atomic E-state index is 0.799. The van der Waals surface area contributed by atoms with Crippen molar-refractivity contribution < 1.29 is 0 Å². The summed E-state index contributed by atoms with van der Waals surface area (Å²) < 4.78 is 3.15. The van der Waals surface area contributed by atoms with Crippen LogP contribution in [0.2, 0.25) is 0 Å². The molecule has 0 saturated carbocycles. The van der Waals surface area contributed by atoms with E-state index in [2.05, 4.69) is 36.7 Å². The number of nitrogens with one attached hydrogen (secondary N) is 1. The number of fused-ring (bicyclic) bond motifs is 1. The number of halogens is 1. The summed E-state index contributed by atoms with van der Waals surface area (Å²) in [5, 5.41) is 3.12. The lowest BCUT2D eigenvalue weighted by atomic mass is 10.3. The zero-order chi connectivity index (χ0) is 10.1. The lowest BCUT2D eigenvalue weighted by Crippen LogP contribution is -2.05. The Balaban J connectivity index is 2.71. The summed E-state index contributed by atoms with van der Waals surface area (Å²) in [6.07, 6.45) is 0. The monoisotopic (exact) mass is 253 g/mol. The fraction of sp³-hybridized carbons (Fsp3) is 0.300. The zero-order valence-corrected chi connectivity index (χ0v) is 9.80. The molecule has 0 amide bonds. The first-order chi connectivity index (χ1) is 6.74. The van der Waals surface area contributed by atoms with E-state index in [0.29, 0.717) is 0 Å². The minimum Gasteiger partial charge on any atom is -0.314 e.